The van der Waals surface area contributed by atoms with E-state index in [0.717, 1.165) is 5.75 Å². The molecular weight excluding hydrogens is 218 g/mol. The lowest BCUT2D eigenvalue weighted by Gasteiger charge is -2.11. The molecule has 0 saturated carbocycles. The summed E-state index contributed by atoms with van der Waals surface area (Å²) in [5.74, 6) is 0.440. The summed E-state index contributed by atoms with van der Waals surface area (Å²) in [6.07, 6.45) is -0.900. The third-order valence-electron chi connectivity index (χ3n) is 2.21. The Kier molecular flexibility index (Phi) is 5.12. The van der Waals surface area contributed by atoms with Crippen LogP contribution >= 0.6 is 0 Å². The van der Waals surface area contributed by atoms with E-state index >= 15 is 0 Å². The van der Waals surface area contributed by atoms with Crippen molar-refractivity contribution in [1.82, 2.24) is 5.32 Å². The van der Waals surface area contributed by atoms with Gasteiger partial charge in [-0.25, -0.2) is 0 Å². The van der Waals surface area contributed by atoms with Gasteiger partial charge < -0.3 is 15.2 Å². The summed E-state index contributed by atoms with van der Waals surface area (Å²) >= 11 is 0. The van der Waals surface area contributed by atoms with Crippen LogP contribution in [0.2, 0.25) is 0 Å². The van der Waals surface area contributed by atoms with Gasteiger partial charge in [-0.05, 0) is 45.2 Å². The quantitative estimate of drug-likeness (QED) is 0.731. The highest BCUT2D eigenvalue weighted by Crippen LogP contribution is 2.14. The second kappa shape index (κ2) is 6.37. The van der Waals surface area contributed by atoms with Crippen LogP contribution in [0.3, 0.4) is 0 Å². The molecule has 0 aromatic heterocycles. The molecule has 1 aromatic carbocycles. The molecule has 1 unspecified atom stereocenters. The third-order valence-corrected chi connectivity index (χ3v) is 2.21. The van der Waals surface area contributed by atoms with Crippen LogP contribution in [0.1, 0.15) is 24.2 Å². The number of ketones is 1. The van der Waals surface area contributed by atoms with Crippen LogP contribution in [-0.2, 0) is 0 Å². The Balaban J connectivity index is 2.70. The lowest BCUT2D eigenvalue weighted by atomic mass is 10.1. The maximum atomic E-state index is 11.7. The fraction of sp³-hybridized carbons (Fsp3) is 0.462. The van der Waals surface area contributed by atoms with Crippen LogP contribution in [0.5, 0.6) is 5.75 Å². The molecule has 0 aliphatic heterocycles. The maximum Gasteiger partial charge on any atom is 0.192 e. The topological polar surface area (TPSA) is 58.6 Å². The van der Waals surface area contributed by atoms with Crippen molar-refractivity contribution in [3.8, 4) is 5.75 Å². The van der Waals surface area contributed by atoms with E-state index < -0.39 is 6.10 Å². The number of aliphatic hydroxyl groups excluding tert-OH is 1. The number of likely N-dealkylation sites (N-methyl/N-ethyl adjacent to an activating group) is 1. The second-order valence-corrected chi connectivity index (χ2v) is 4.13. The molecule has 17 heavy (non-hydrogen) atoms. The zero-order chi connectivity index (χ0) is 12.8. The van der Waals surface area contributed by atoms with E-state index in [4.69, 9.17) is 4.74 Å². The van der Waals surface area contributed by atoms with E-state index in [1.165, 1.54) is 0 Å². The van der Waals surface area contributed by atoms with Crippen molar-refractivity contribution in [3.05, 3.63) is 29.8 Å². The monoisotopic (exact) mass is 237 g/mol. The molecule has 2 N–H and O–H groups in total. The van der Waals surface area contributed by atoms with E-state index in [0.29, 0.717) is 5.56 Å². The summed E-state index contributed by atoms with van der Waals surface area (Å²) in [5.41, 5.74) is 0.490. The zero-order valence-corrected chi connectivity index (χ0v) is 10.4. The normalized spacial score (nSPS) is 12.5. The first-order valence-electron chi connectivity index (χ1n) is 5.68. The predicted octanol–water partition coefficient (Wildman–Crippen LogP) is 1.24. The van der Waals surface area contributed by atoms with Gasteiger partial charge in [-0.1, -0.05) is 0 Å². The van der Waals surface area contributed by atoms with Crippen LogP contribution in [-0.4, -0.2) is 36.7 Å². The molecule has 4 nitrogen and oxygen atoms in total. The van der Waals surface area contributed by atoms with E-state index in [1.807, 2.05) is 13.8 Å². The van der Waals surface area contributed by atoms with Gasteiger partial charge in [-0.3, -0.25) is 4.79 Å². The number of carbonyl (C=O) groups excluding carboxylic acids is 1. The van der Waals surface area contributed by atoms with Crippen LogP contribution < -0.4 is 10.1 Å². The summed E-state index contributed by atoms with van der Waals surface area (Å²) in [6.45, 7) is 4.13. The van der Waals surface area contributed by atoms with E-state index in [1.54, 1.807) is 31.3 Å². The highest BCUT2D eigenvalue weighted by atomic mass is 16.5. The smallest absolute Gasteiger partial charge is 0.192 e. The number of rotatable bonds is 6. The minimum atomic E-state index is -1.00. The molecule has 0 fully saturated rings. The van der Waals surface area contributed by atoms with Crippen molar-refractivity contribution in [3.63, 3.8) is 0 Å². The average molecular weight is 237 g/mol. The summed E-state index contributed by atoms with van der Waals surface area (Å²) in [6, 6.07) is 6.80. The fourth-order valence-electron chi connectivity index (χ4n) is 1.45. The van der Waals surface area contributed by atoms with E-state index in [-0.39, 0.29) is 18.4 Å². The van der Waals surface area contributed by atoms with Crippen LogP contribution in [0, 0.1) is 0 Å². The van der Waals surface area contributed by atoms with Crippen LogP contribution in [0.15, 0.2) is 24.3 Å². The fourth-order valence-corrected chi connectivity index (χ4v) is 1.45. The van der Waals surface area contributed by atoms with E-state index in [2.05, 4.69) is 5.32 Å². The number of benzene rings is 1. The van der Waals surface area contributed by atoms with Crippen LogP contribution in [0.25, 0.3) is 0 Å². The van der Waals surface area contributed by atoms with Gasteiger partial charge in [0.2, 0.25) is 0 Å². The maximum absolute atomic E-state index is 11.7. The predicted molar refractivity (Wildman–Crippen MR) is 66.5 cm³/mol. The molecule has 94 valence electrons. The molecule has 0 bridgehead atoms. The highest BCUT2D eigenvalue weighted by Gasteiger charge is 2.15. The van der Waals surface area contributed by atoms with Crippen molar-refractivity contribution in [2.75, 3.05) is 13.6 Å². The van der Waals surface area contributed by atoms with Gasteiger partial charge in [-0.15, -0.1) is 0 Å². The third kappa shape index (κ3) is 4.17. The molecule has 1 atom stereocenters. The van der Waals surface area contributed by atoms with Crippen molar-refractivity contribution in [2.24, 2.45) is 0 Å². The van der Waals surface area contributed by atoms with Gasteiger partial charge >= 0.3 is 0 Å². The van der Waals surface area contributed by atoms with Gasteiger partial charge in [-0.2, -0.15) is 0 Å². The van der Waals surface area contributed by atoms with Gasteiger partial charge in [0, 0.05) is 12.1 Å². The molecule has 0 heterocycles. The molecule has 0 aliphatic carbocycles. The Hall–Kier alpha value is -1.39. The Morgan fingerprint density at radius 3 is 2.41 bits per heavy atom. The van der Waals surface area contributed by atoms with Gasteiger partial charge in [0.1, 0.15) is 11.9 Å². The molecule has 4 heteroatoms. The first-order valence-corrected chi connectivity index (χ1v) is 5.68. The molecule has 1 rings (SSSR count). The summed E-state index contributed by atoms with van der Waals surface area (Å²) in [7, 11) is 1.69. The van der Waals surface area contributed by atoms with Gasteiger partial charge in [0.25, 0.3) is 0 Å². The summed E-state index contributed by atoms with van der Waals surface area (Å²) in [4.78, 5) is 11.7. The van der Waals surface area contributed by atoms with Crippen LogP contribution in [0.4, 0.5) is 0 Å². The van der Waals surface area contributed by atoms with E-state index in [9.17, 15) is 9.90 Å². The molecule has 1 aromatic rings. The van der Waals surface area contributed by atoms with Crippen molar-refractivity contribution < 1.29 is 14.6 Å². The molecular formula is C13H19NO3. The van der Waals surface area contributed by atoms with Gasteiger partial charge in [0.05, 0.1) is 6.10 Å². The first kappa shape index (κ1) is 13.7. The SMILES string of the molecule is CNCC(O)C(=O)c1ccc(OC(C)C)cc1. The largest absolute Gasteiger partial charge is 0.491 e. The number of aliphatic hydroxyl groups is 1. The Labute approximate surface area is 102 Å². The second-order valence-electron chi connectivity index (χ2n) is 4.13. The molecule has 0 saturated heterocycles. The van der Waals surface area contributed by atoms with Gasteiger partial charge in [0.15, 0.2) is 5.78 Å². The lowest BCUT2D eigenvalue weighted by molar-refractivity contribution is 0.0750. The molecule has 0 spiro atoms. The number of nitrogens with one attached hydrogen (secondary N) is 1. The average Bonchev–Trinajstić information content (AvgIpc) is 2.28. The minimum Gasteiger partial charge on any atom is -0.491 e. The lowest BCUT2D eigenvalue weighted by Crippen LogP contribution is -2.31. The van der Waals surface area contributed by atoms with Crippen molar-refractivity contribution in [2.45, 2.75) is 26.1 Å². The minimum absolute atomic E-state index is 0.103. The summed E-state index contributed by atoms with van der Waals surface area (Å²) in [5, 5.41) is 12.3. The van der Waals surface area contributed by atoms with Crippen molar-refractivity contribution in [1.29, 1.82) is 0 Å². The zero-order valence-electron chi connectivity index (χ0n) is 10.4. The first-order chi connectivity index (χ1) is 8.04. The Morgan fingerprint density at radius 1 is 1.35 bits per heavy atom. The number of ether oxygens (including phenoxy) is 1. The Bertz CT molecular complexity index is 359. The Morgan fingerprint density at radius 2 is 1.94 bits per heavy atom. The molecule has 0 aliphatic rings. The highest BCUT2D eigenvalue weighted by molar-refractivity contribution is 5.99. The number of carbonyl (C=O) groups is 1. The van der Waals surface area contributed by atoms with Crippen molar-refractivity contribution >= 4 is 5.78 Å². The standard InChI is InChI=1S/C13H19NO3/c1-9(2)17-11-6-4-10(5-7-11)13(16)12(15)8-14-3/h4-7,9,12,14-15H,8H2,1-3H3. The molecule has 0 amide bonds. The number of Topliss-reactive ketones (excluding diaryl/α,β-unsaturated/α-hetero) is 1. The number of hydrogen-bond acceptors (Lipinski definition) is 4. The number of hydrogen-bond donors (Lipinski definition) is 2. The summed E-state index contributed by atoms with van der Waals surface area (Å²) < 4.78 is 5.47. The molecule has 0 radical (unpaired) electrons.